The summed E-state index contributed by atoms with van der Waals surface area (Å²) in [6.45, 7) is 0.246. The van der Waals surface area contributed by atoms with Gasteiger partial charge in [0.05, 0.1) is 23.8 Å². The van der Waals surface area contributed by atoms with Crippen LogP contribution in [0.5, 0.6) is 0 Å². The Balaban J connectivity index is 1.19. The highest BCUT2D eigenvalue weighted by Gasteiger charge is 2.24. The molecule has 8 nitrogen and oxygen atoms in total. The number of H-pyrrole nitrogens is 1. The van der Waals surface area contributed by atoms with Crippen LogP contribution in [0.2, 0.25) is 0 Å². The molecule has 0 radical (unpaired) electrons. The van der Waals surface area contributed by atoms with Crippen molar-refractivity contribution in [1.82, 2.24) is 20.3 Å². The number of carbonyl (C=O) groups excluding carboxylic acids is 2. The van der Waals surface area contributed by atoms with Crippen LogP contribution < -0.4 is 16.0 Å². The molecule has 0 spiro atoms. The molecule has 4 N–H and O–H groups in total. The maximum absolute atomic E-state index is 13.4. The summed E-state index contributed by atoms with van der Waals surface area (Å²) in [7, 11) is 0. The average molecular weight is 498 g/mol. The van der Waals surface area contributed by atoms with E-state index in [1.165, 1.54) is 6.07 Å². The topological polar surface area (TPSA) is 112 Å². The Morgan fingerprint density at radius 1 is 1.05 bits per heavy atom. The number of anilines is 3. The Labute approximate surface area is 210 Å². The summed E-state index contributed by atoms with van der Waals surface area (Å²) in [4.78, 5) is 36.0. The third kappa shape index (κ3) is 5.43. The number of halogens is 2. The molecule has 2 aromatic carbocycles. The quantitative estimate of drug-likeness (QED) is 0.275. The maximum Gasteiger partial charge on any atom is 0.270 e. The van der Waals surface area contributed by atoms with E-state index in [-0.39, 0.29) is 18.1 Å². The summed E-state index contributed by atoms with van der Waals surface area (Å²) in [5, 5.41) is 8.46. The molecule has 0 fully saturated rings. The first-order valence-corrected chi connectivity index (χ1v) is 11.3. The fourth-order valence-electron chi connectivity index (χ4n) is 3.75. The highest BCUT2D eigenvalue weighted by atomic mass is 19.2. The number of nitrogens with zero attached hydrogens (tertiary/aromatic N) is 2. The van der Waals surface area contributed by atoms with Crippen molar-refractivity contribution in [3.05, 3.63) is 107 Å². The SMILES string of the molecule is O=C1Nc2cc(/C=C/CNC(=O)c3cccc(Nc4ccc(F)c(F)c4)n3)ccc2/C1=C\c1cnc[nH]1. The Hall–Kier alpha value is -5.12. The minimum Gasteiger partial charge on any atom is -0.347 e. The van der Waals surface area contributed by atoms with Crippen LogP contribution in [0.1, 0.15) is 27.3 Å². The van der Waals surface area contributed by atoms with Crippen LogP contribution in [-0.2, 0) is 4.79 Å². The van der Waals surface area contributed by atoms with Crippen LogP contribution in [0.4, 0.5) is 26.0 Å². The predicted octanol–water partition coefficient (Wildman–Crippen LogP) is 4.76. The lowest BCUT2D eigenvalue weighted by Gasteiger charge is -2.08. The van der Waals surface area contributed by atoms with Gasteiger partial charge in [0.2, 0.25) is 0 Å². The molecule has 0 bridgehead atoms. The summed E-state index contributed by atoms with van der Waals surface area (Å²) >= 11 is 0. The number of hydrogen-bond donors (Lipinski definition) is 4. The number of carbonyl (C=O) groups is 2. The standard InChI is InChI=1S/C27H20F2N6O2/c28-21-9-7-17(13-22(21)29)33-25-5-1-4-23(34-25)27(37)31-10-2-3-16-6-8-19-20(12-18-14-30-15-32-18)26(36)35-24(19)11-16/h1-9,11-15H,10H2,(H,30,32)(H,31,37)(H,33,34)(H,35,36)/b3-2+,20-12+. The number of aromatic nitrogens is 3. The van der Waals surface area contributed by atoms with Crippen LogP contribution in [0.15, 0.2) is 73.2 Å². The number of nitrogens with one attached hydrogen (secondary N) is 4. The van der Waals surface area contributed by atoms with E-state index < -0.39 is 17.5 Å². The van der Waals surface area contributed by atoms with Gasteiger partial charge in [-0.2, -0.15) is 0 Å². The maximum atomic E-state index is 13.4. The fourth-order valence-corrected chi connectivity index (χ4v) is 3.75. The Kier molecular flexibility index (Phi) is 6.54. The molecule has 3 heterocycles. The van der Waals surface area contributed by atoms with E-state index in [2.05, 4.69) is 30.9 Å². The van der Waals surface area contributed by atoms with Crippen LogP contribution >= 0.6 is 0 Å². The lowest BCUT2D eigenvalue weighted by Crippen LogP contribution is -2.24. The smallest absolute Gasteiger partial charge is 0.270 e. The van der Waals surface area contributed by atoms with Gasteiger partial charge in [0.1, 0.15) is 11.5 Å². The van der Waals surface area contributed by atoms with E-state index in [1.54, 1.807) is 42.9 Å². The number of hydrogen-bond acceptors (Lipinski definition) is 5. The van der Waals surface area contributed by atoms with Crippen molar-refractivity contribution >= 4 is 46.7 Å². The van der Waals surface area contributed by atoms with Crippen LogP contribution in [-0.4, -0.2) is 33.3 Å². The zero-order valence-electron chi connectivity index (χ0n) is 19.3. The third-order valence-corrected chi connectivity index (χ3v) is 5.51. The van der Waals surface area contributed by atoms with E-state index >= 15 is 0 Å². The Morgan fingerprint density at radius 2 is 1.95 bits per heavy atom. The van der Waals surface area contributed by atoms with Gasteiger partial charge in [-0.05, 0) is 42.0 Å². The lowest BCUT2D eigenvalue weighted by molar-refractivity contribution is -0.110. The number of benzene rings is 2. The number of pyridine rings is 1. The van der Waals surface area contributed by atoms with Crippen molar-refractivity contribution in [3.8, 4) is 0 Å². The van der Waals surface area contributed by atoms with Crippen molar-refractivity contribution < 1.29 is 18.4 Å². The van der Waals surface area contributed by atoms with E-state index in [4.69, 9.17) is 0 Å². The van der Waals surface area contributed by atoms with Gasteiger partial charge in [-0.3, -0.25) is 9.59 Å². The van der Waals surface area contributed by atoms with Crippen LogP contribution in [0.25, 0.3) is 17.7 Å². The van der Waals surface area contributed by atoms with Gasteiger partial charge in [-0.25, -0.2) is 18.7 Å². The molecule has 0 aliphatic carbocycles. The largest absolute Gasteiger partial charge is 0.347 e. The Morgan fingerprint density at radius 3 is 2.76 bits per heavy atom. The molecule has 1 aliphatic rings. The molecule has 5 rings (SSSR count). The van der Waals surface area contributed by atoms with Crippen LogP contribution in [0, 0.1) is 11.6 Å². The fraction of sp³-hybridized carbons (Fsp3) is 0.0370. The second-order valence-electron chi connectivity index (χ2n) is 8.10. The predicted molar refractivity (Wildman–Crippen MR) is 137 cm³/mol. The van der Waals surface area contributed by atoms with E-state index in [1.807, 2.05) is 24.3 Å². The zero-order valence-corrected chi connectivity index (χ0v) is 19.3. The van der Waals surface area contributed by atoms with Gasteiger partial charge in [0.15, 0.2) is 11.6 Å². The third-order valence-electron chi connectivity index (χ3n) is 5.51. The molecule has 4 aromatic rings. The van der Waals surface area contributed by atoms with Gasteiger partial charge in [-0.1, -0.05) is 30.4 Å². The normalized spacial score (nSPS) is 13.6. The zero-order chi connectivity index (χ0) is 25.8. The van der Waals surface area contributed by atoms with Gasteiger partial charge in [0.25, 0.3) is 11.8 Å². The minimum absolute atomic E-state index is 0.165. The summed E-state index contributed by atoms with van der Waals surface area (Å²) in [6, 6.07) is 13.8. The first kappa shape index (κ1) is 23.6. The number of aromatic amines is 1. The molecule has 2 aromatic heterocycles. The second-order valence-corrected chi connectivity index (χ2v) is 8.10. The van der Waals surface area contributed by atoms with Crippen molar-refractivity contribution in [2.24, 2.45) is 0 Å². The lowest BCUT2D eigenvalue weighted by atomic mass is 10.0. The molecule has 0 saturated heterocycles. The highest BCUT2D eigenvalue weighted by molar-refractivity contribution is 6.34. The van der Waals surface area contributed by atoms with Crippen molar-refractivity contribution in [2.45, 2.75) is 0 Å². The van der Waals surface area contributed by atoms with E-state index in [9.17, 15) is 18.4 Å². The molecule has 184 valence electrons. The molecule has 0 saturated carbocycles. The Bertz CT molecular complexity index is 1550. The first-order chi connectivity index (χ1) is 18.0. The first-order valence-electron chi connectivity index (χ1n) is 11.3. The minimum atomic E-state index is -0.984. The highest BCUT2D eigenvalue weighted by Crippen LogP contribution is 2.33. The van der Waals surface area contributed by atoms with Crippen molar-refractivity contribution in [2.75, 3.05) is 17.2 Å². The molecular formula is C27H20F2N6O2. The van der Waals surface area contributed by atoms with Gasteiger partial charge < -0.3 is 20.9 Å². The second kappa shape index (κ2) is 10.2. The summed E-state index contributed by atoms with van der Waals surface area (Å²) in [5.41, 5.74) is 4.12. The number of amides is 2. The average Bonchev–Trinajstić information content (AvgIpc) is 3.52. The van der Waals surface area contributed by atoms with Crippen molar-refractivity contribution in [1.29, 1.82) is 0 Å². The van der Waals surface area contributed by atoms with Crippen LogP contribution in [0.3, 0.4) is 0 Å². The van der Waals surface area contributed by atoms with Gasteiger partial charge >= 0.3 is 0 Å². The summed E-state index contributed by atoms with van der Waals surface area (Å²) < 4.78 is 26.5. The van der Waals surface area contributed by atoms with E-state index in [0.717, 1.165) is 29.0 Å². The molecule has 1 aliphatic heterocycles. The van der Waals surface area contributed by atoms with E-state index in [0.29, 0.717) is 22.8 Å². The summed E-state index contributed by atoms with van der Waals surface area (Å²) in [5.74, 6) is -2.20. The van der Waals surface area contributed by atoms with Crippen molar-refractivity contribution in [3.63, 3.8) is 0 Å². The van der Waals surface area contributed by atoms with Gasteiger partial charge in [-0.15, -0.1) is 0 Å². The number of rotatable bonds is 7. The molecule has 10 heteroatoms. The molecule has 2 amide bonds. The molecule has 37 heavy (non-hydrogen) atoms. The summed E-state index contributed by atoms with van der Waals surface area (Å²) in [6.07, 6.45) is 8.54. The molecular weight excluding hydrogens is 478 g/mol. The number of imidazole rings is 1. The van der Waals surface area contributed by atoms with Gasteiger partial charge in [0, 0.05) is 29.5 Å². The monoisotopic (exact) mass is 498 g/mol. The molecule has 0 unspecified atom stereocenters. The molecule has 0 atom stereocenters. The number of fused-ring (bicyclic) bond motifs is 1.